The van der Waals surface area contributed by atoms with Crippen LogP contribution in [0.1, 0.15) is 19.4 Å². The summed E-state index contributed by atoms with van der Waals surface area (Å²) in [6.07, 6.45) is 1.43. The van der Waals surface area contributed by atoms with E-state index in [4.69, 9.17) is 27.9 Å². The molecule has 2 aromatic carbocycles. The van der Waals surface area contributed by atoms with Gasteiger partial charge in [-0.1, -0.05) is 35.3 Å². The van der Waals surface area contributed by atoms with Crippen molar-refractivity contribution in [2.75, 3.05) is 13.6 Å². The quantitative estimate of drug-likeness (QED) is 0.411. The molecule has 0 radical (unpaired) electrons. The SMILES string of the molecule is C/N=C/CNC(=O)Cn1c(=O)[nH]/c(=N\c2ccc(OC(C)C)c(Cl)c2)n(Cc2ccc(Cl)cc2)c1=O. The number of carbonyl (C=O) groups is 1. The van der Waals surface area contributed by atoms with Crippen LogP contribution in [0.4, 0.5) is 5.69 Å². The predicted molar refractivity (Wildman–Crippen MR) is 140 cm³/mol. The Morgan fingerprint density at radius 2 is 1.86 bits per heavy atom. The number of nitrogens with zero attached hydrogens (tertiary/aromatic N) is 4. The van der Waals surface area contributed by atoms with E-state index >= 15 is 0 Å². The number of H-pyrrole nitrogens is 1. The van der Waals surface area contributed by atoms with Crippen molar-refractivity contribution in [1.82, 2.24) is 19.4 Å². The Morgan fingerprint density at radius 1 is 1.14 bits per heavy atom. The van der Waals surface area contributed by atoms with E-state index in [1.807, 2.05) is 13.8 Å². The molecule has 0 spiro atoms. The van der Waals surface area contributed by atoms with Crippen LogP contribution in [0.2, 0.25) is 10.0 Å². The van der Waals surface area contributed by atoms with Crippen LogP contribution in [0.5, 0.6) is 5.75 Å². The first-order chi connectivity index (χ1) is 17.2. The van der Waals surface area contributed by atoms with E-state index in [1.54, 1.807) is 49.5 Å². The molecule has 10 nitrogen and oxygen atoms in total. The molecule has 1 aromatic heterocycles. The minimum Gasteiger partial charge on any atom is -0.489 e. The summed E-state index contributed by atoms with van der Waals surface area (Å²) in [5.74, 6) is -0.0274. The molecule has 3 rings (SSSR count). The van der Waals surface area contributed by atoms with Crippen molar-refractivity contribution in [2.45, 2.75) is 33.0 Å². The summed E-state index contributed by atoms with van der Waals surface area (Å²) in [4.78, 5) is 49.2. The fourth-order valence-electron chi connectivity index (χ4n) is 3.18. The molecule has 0 aliphatic heterocycles. The topological polar surface area (TPSA) is 123 Å². The Hall–Kier alpha value is -3.63. The summed E-state index contributed by atoms with van der Waals surface area (Å²) in [6, 6.07) is 11.8. The van der Waals surface area contributed by atoms with Gasteiger partial charge in [0.2, 0.25) is 11.5 Å². The third-order valence-electron chi connectivity index (χ3n) is 4.82. The van der Waals surface area contributed by atoms with Gasteiger partial charge in [-0.2, -0.15) is 0 Å². The number of amides is 1. The van der Waals surface area contributed by atoms with E-state index < -0.39 is 23.8 Å². The summed E-state index contributed by atoms with van der Waals surface area (Å²) in [5, 5.41) is 3.44. The molecule has 0 atom stereocenters. The second kappa shape index (κ2) is 12.4. The number of aliphatic imine (C=N–C) groups is 1. The first-order valence-corrected chi connectivity index (χ1v) is 11.8. The van der Waals surface area contributed by atoms with Gasteiger partial charge in [0.25, 0.3) is 0 Å². The van der Waals surface area contributed by atoms with Crippen LogP contribution < -0.4 is 27.1 Å². The van der Waals surface area contributed by atoms with Gasteiger partial charge in [-0.05, 0) is 49.7 Å². The highest BCUT2D eigenvalue weighted by atomic mass is 35.5. The maximum absolute atomic E-state index is 13.3. The van der Waals surface area contributed by atoms with Crippen LogP contribution in [0.15, 0.2) is 62.0 Å². The van der Waals surface area contributed by atoms with Crippen LogP contribution in [0, 0.1) is 0 Å². The average molecular weight is 533 g/mol. The van der Waals surface area contributed by atoms with Gasteiger partial charge >= 0.3 is 11.4 Å². The van der Waals surface area contributed by atoms with Crippen LogP contribution in [-0.2, 0) is 17.9 Å². The van der Waals surface area contributed by atoms with Crippen molar-refractivity contribution in [2.24, 2.45) is 9.98 Å². The maximum Gasteiger partial charge on any atom is 0.335 e. The molecule has 0 fully saturated rings. The van der Waals surface area contributed by atoms with Crippen molar-refractivity contribution < 1.29 is 9.53 Å². The Morgan fingerprint density at radius 3 is 2.50 bits per heavy atom. The van der Waals surface area contributed by atoms with E-state index in [-0.39, 0.29) is 24.8 Å². The number of ether oxygens (including phenoxy) is 1. The molecule has 0 saturated heterocycles. The molecule has 190 valence electrons. The van der Waals surface area contributed by atoms with Crippen molar-refractivity contribution in [3.63, 3.8) is 0 Å². The molecular formula is C24H26Cl2N6O4. The van der Waals surface area contributed by atoms with Gasteiger partial charge in [-0.3, -0.25) is 19.3 Å². The zero-order chi connectivity index (χ0) is 26.2. The highest BCUT2D eigenvalue weighted by Crippen LogP contribution is 2.29. The van der Waals surface area contributed by atoms with E-state index in [9.17, 15) is 14.4 Å². The summed E-state index contributed by atoms with van der Waals surface area (Å²) < 4.78 is 7.71. The normalized spacial score (nSPS) is 11.9. The monoisotopic (exact) mass is 532 g/mol. The highest BCUT2D eigenvalue weighted by Gasteiger charge is 2.13. The number of benzene rings is 2. The zero-order valence-electron chi connectivity index (χ0n) is 20.0. The smallest absolute Gasteiger partial charge is 0.335 e. The van der Waals surface area contributed by atoms with Gasteiger partial charge in [-0.15, -0.1) is 0 Å². The molecule has 36 heavy (non-hydrogen) atoms. The second-order valence-corrected chi connectivity index (χ2v) is 8.82. The molecule has 0 unspecified atom stereocenters. The van der Waals surface area contributed by atoms with Gasteiger partial charge in [0.15, 0.2) is 0 Å². The van der Waals surface area contributed by atoms with E-state index in [0.29, 0.717) is 21.5 Å². The Kier molecular flexibility index (Phi) is 9.26. The fourth-order valence-corrected chi connectivity index (χ4v) is 3.52. The predicted octanol–water partition coefficient (Wildman–Crippen LogP) is 2.53. The zero-order valence-corrected chi connectivity index (χ0v) is 21.5. The molecule has 3 aromatic rings. The van der Waals surface area contributed by atoms with Crippen molar-refractivity contribution in [3.8, 4) is 5.75 Å². The minimum absolute atomic E-state index is 0.0108. The number of hydrogen-bond acceptors (Lipinski definition) is 6. The first-order valence-electron chi connectivity index (χ1n) is 11.0. The molecule has 0 saturated carbocycles. The Balaban J connectivity index is 2.09. The van der Waals surface area contributed by atoms with Gasteiger partial charge in [0, 0.05) is 18.3 Å². The molecule has 0 bridgehead atoms. The van der Waals surface area contributed by atoms with E-state index in [2.05, 4.69) is 20.3 Å². The summed E-state index contributed by atoms with van der Waals surface area (Å²) in [5.41, 5.74) is -0.374. The lowest BCUT2D eigenvalue weighted by molar-refractivity contribution is -0.121. The largest absolute Gasteiger partial charge is 0.489 e. The lowest BCUT2D eigenvalue weighted by atomic mass is 10.2. The van der Waals surface area contributed by atoms with Crippen LogP contribution in [-0.4, -0.2) is 45.9 Å². The lowest BCUT2D eigenvalue weighted by Gasteiger charge is -2.12. The standard InChI is InChI=1S/C24H26Cl2N6O4/c1-15(2)36-20-9-8-18(12-19(20)26)29-22-30-23(34)32(14-21(33)28-11-10-27-3)24(35)31(22)13-16-4-6-17(25)7-5-16/h4-10,12,15H,11,13-14H2,1-3H3,(H,28,33)(H,29,30,34)/b27-10+. The number of aromatic amines is 1. The van der Waals surface area contributed by atoms with Crippen LogP contribution in [0.25, 0.3) is 0 Å². The van der Waals surface area contributed by atoms with Crippen molar-refractivity contribution in [1.29, 1.82) is 0 Å². The number of halogens is 2. The van der Waals surface area contributed by atoms with Crippen LogP contribution >= 0.6 is 23.2 Å². The van der Waals surface area contributed by atoms with E-state index in [1.165, 1.54) is 10.8 Å². The molecule has 12 heteroatoms. The molecule has 0 aliphatic rings. The number of hydrogen-bond donors (Lipinski definition) is 2. The van der Waals surface area contributed by atoms with Gasteiger partial charge in [0.1, 0.15) is 12.3 Å². The molecule has 1 heterocycles. The fraction of sp³-hybridized carbons (Fsp3) is 0.292. The minimum atomic E-state index is -0.781. The lowest BCUT2D eigenvalue weighted by Crippen LogP contribution is -2.51. The Labute approximate surface area is 216 Å². The molecular weight excluding hydrogens is 507 g/mol. The number of nitrogens with one attached hydrogen (secondary N) is 2. The van der Waals surface area contributed by atoms with Crippen molar-refractivity contribution in [3.05, 3.63) is 84.7 Å². The number of carbonyl (C=O) groups excluding carboxylic acids is 1. The van der Waals surface area contributed by atoms with Crippen LogP contribution in [0.3, 0.4) is 0 Å². The highest BCUT2D eigenvalue weighted by molar-refractivity contribution is 6.32. The second-order valence-electron chi connectivity index (χ2n) is 7.97. The number of rotatable bonds is 9. The average Bonchev–Trinajstić information content (AvgIpc) is 2.82. The van der Waals surface area contributed by atoms with Crippen molar-refractivity contribution >= 4 is 41.0 Å². The molecule has 0 aliphatic carbocycles. The summed E-state index contributed by atoms with van der Waals surface area (Å²) in [7, 11) is 1.57. The number of aromatic nitrogens is 3. The summed E-state index contributed by atoms with van der Waals surface area (Å²) >= 11 is 12.3. The Bertz CT molecular complexity index is 1440. The third kappa shape index (κ3) is 7.19. The van der Waals surface area contributed by atoms with E-state index in [0.717, 1.165) is 10.1 Å². The third-order valence-corrected chi connectivity index (χ3v) is 5.37. The maximum atomic E-state index is 13.3. The van der Waals surface area contributed by atoms with Gasteiger partial charge < -0.3 is 10.1 Å². The first kappa shape index (κ1) is 27.0. The van der Waals surface area contributed by atoms with Gasteiger partial charge in [-0.25, -0.2) is 19.1 Å². The molecule has 2 N–H and O–H groups in total. The van der Waals surface area contributed by atoms with Gasteiger partial charge in [0.05, 0.1) is 29.9 Å². The summed E-state index contributed by atoms with van der Waals surface area (Å²) in [6.45, 7) is 3.53. The molecule has 1 amide bonds.